The molecule has 1 aliphatic rings. The van der Waals surface area contributed by atoms with Gasteiger partial charge in [-0.1, -0.05) is 24.3 Å². The van der Waals surface area contributed by atoms with E-state index in [1.165, 1.54) is 25.3 Å². The monoisotopic (exact) mass is 431 g/mol. The standard InChI is InChI=1S/C23H27F2N3O3/c1-28-14-12-17(13-15-28)26-18-7-3-4-8-19(18)27-21(29)11-10-16-6-5-9-20(30-2)22(16)31-23(24)25/h3-11,17,23,26H,12-15H2,1-2H3,(H,27,29). The molecule has 0 aliphatic carbocycles. The molecular formula is C23H27F2N3O3. The third kappa shape index (κ3) is 6.42. The normalized spacial score (nSPS) is 15.3. The number of halogens is 2. The highest BCUT2D eigenvalue weighted by Crippen LogP contribution is 2.33. The minimum Gasteiger partial charge on any atom is -0.493 e. The second kappa shape index (κ2) is 10.8. The summed E-state index contributed by atoms with van der Waals surface area (Å²) < 4.78 is 35.2. The van der Waals surface area contributed by atoms with Crippen LogP contribution in [0.5, 0.6) is 11.5 Å². The number of likely N-dealkylation sites (tertiary alicyclic amines) is 1. The lowest BCUT2D eigenvalue weighted by molar-refractivity contribution is -0.111. The number of ether oxygens (including phenoxy) is 2. The number of hydrogen-bond acceptors (Lipinski definition) is 5. The van der Waals surface area contributed by atoms with Crippen molar-refractivity contribution in [1.29, 1.82) is 0 Å². The van der Waals surface area contributed by atoms with E-state index in [1.54, 1.807) is 12.1 Å². The smallest absolute Gasteiger partial charge is 0.387 e. The quantitative estimate of drug-likeness (QED) is 0.605. The first kappa shape index (κ1) is 22.6. The Kier molecular flexibility index (Phi) is 7.83. The van der Waals surface area contributed by atoms with Crippen LogP contribution in [0.2, 0.25) is 0 Å². The fourth-order valence-electron chi connectivity index (χ4n) is 3.47. The first-order chi connectivity index (χ1) is 15.0. The van der Waals surface area contributed by atoms with E-state index in [0.717, 1.165) is 31.6 Å². The summed E-state index contributed by atoms with van der Waals surface area (Å²) >= 11 is 0. The van der Waals surface area contributed by atoms with Gasteiger partial charge in [0.25, 0.3) is 0 Å². The number of carbonyl (C=O) groups excluding carboxylic acids is 1. The van der Waals surface area contributed by atoms with Crippen LogP contribution >= 0.6 is 0 Å². The number of para-hydroxylation sites is 3. The molecule has 2 N–H and O–H groups in total. The Morgan fingerprint density at radius 3 is 2.52 bits per heavy atom. The number of methoxy groups -OCH3 is 1. The van der Waals surface area contributed by atoms with Crippen molar-refractivity contribution in [3.05, 3.63) is 54.1 Å². The number of carbonyl (C=O) groups is 1. The molecule has 1 saturated heterocycles. The first-order valence-corrected chi connectivity index (χ1v) is 10.1. The van der Waals surface area contributed by atoms with Gasteiger partial charge in [0, 0.05) is 17.7 Å². The van der Waals surface area contributed by atoms with Crippen LogP contribution < -0.4 is 20.1 Å². The van der Waals surface area contributed by atoms with E-state index in [2.05, 4.69) is 27.3 Å². The fraction of sp³-hybridized carbons (Fsp3) is 0.348. The highest BCUT2D eigenvalue weighted by atomic mass is 19.3. The van der Waals surface area contributed by atoms with Gasteiger partial charge in [0.15, 0.2) is 11.5 Å². The minimum absolute atomic E-state index is 0.117. The summed E-state index contributed by atoms with van der Waals surface area (Å²) in [5, 5.41) is 6.36. The number of nitrogens with one attached hydrogen (secondary N) is 2. The first-order valence-electron chi connectivity index (χ1n) is 10.1. The van der Waals surface area contributed by atoms with Crippen LogP contribution in [0, 0.1) is 0 Å². The van der Waals surface area contributed by atoms with Gasteiger partial charge in [0.2, 0.25) is 5.91 Å². The van der Waals surface area contributed by atoms with Gasteiger partial charge in [0.05, 0.1) is 18.5 Å². The van der Waals surface area contributed by atoms with Gasteiger partial charge in [-0.3, -0.25) is 4.79 Å². The second-order valence-electron chi connectivity index (χ2n) is 7.35. The van der Waals surface area contributed by atoms with Crippen molar-refractivity contribution in [2.45, 2.75) is 25.5 Å². The van der Waals surface area contributed by atoms with Crippen LogP contribution in [0.3, 0.4) is 0 Å². The van der Waals surface area contributed by atoms with E-state index in [0.29, 0.717) is 17.3 Å². The van der Waals surface area contributed by atoms with Crippen LogP contribution in [-0.2, 0) is 4.79 Å². The predicted molar refractivity (Wildman–Crippen MR) is 118 cm³/mol. The molecule has 0 saturated carbocycles. The van der Waals surface area contributed by atoms with Crippen LogP contribution in [0.1, 0.15) is 18.4 Å². The molecule has 6 nitrogen and oxygen atoms in total. The Morgan fingerprint density at radius 2 is 1.84 bits per heavy atom. The Balaban J connectivity index is 1.70. The zero-order valence-corrected chi connectivity index (χ0v) is 17.6. The Labute approximate surface area is 180 Å². The molecule has 0 atom stereocenters. The maximum atomic E-state index is 12.8. The number of amides is 1. The molecule has 8 heteroatoms. The molecule has 3 rings (SSSR count). The lowest BCUT2D eigenvalue weighted by Crippen LogP contribution is -2.36. The van der Waals surface area contributed by atoms with E-state index in [4.69, 9.17) is 4.74 Å². The number of hydrogen-bond donors (Lipinski definition) is 2. The number of benzene rings is 2. The molecule has 0 unspecified atom stereocenters. The largest absolute Gasteiger partial charge is 0.493 e. The maximum Gasteiger partial charge on any atom is 0.387 e. The lowest BCUT2D eigenvalue weighted by atomic mass is 10.0. The van der Waals surface area contributed by atoms with Gasteiger partial charge < -0.3 is 25.0 Å². The number of anilines is 2. The molecule has 0 bridgehead atoms. The molecule has 2 aromatic rings. The van der Waals surface area contributed by atoms with E-state index < -0.39 is 6.61 Å². The molecular weight excluding hydrogens is 404 g/mol. The molecule has 166 valence electrons. The molecule has 0 aromatic heterocycles. The highest BCUT2D eigenvalue weighted by Gasteiger charge is 2.18. The summed E-state index contributed by atoms with van der Waals surface area (Å²) in [4.78, 5) is 14.8. The lowest BCUT2D eigenvalue weighted by Gasteiger charge is -2.30. The topological polar surface area (TPSA) is 62.8 Å². The summed E-state index contributed by atoms with van der Waals surface area (Å²) in [5.41, 5.74) is 1.82. The van der Waals surface area contributed by atoms with Crippen molar-refractivity contribution >= 4 is 23.4 Å². The molecule has 2 aromatic carbocycles. The summed E-state index contributed by atoms with van der Waals surface area (Å²) in [6.45, 7) is -0.952. The van der Waals surface area contributed by atoms with Gasteiger partial charge >= 0.3 is 6.61 Å². The summed E-state index contributed by atoms with van der Waals surface area (Å²) in [6.07, 6.45) is 4.75. The zero-order chi connectivity index (χ0) is 22.2. The molecule has 31 heavy (non-hydrogen) atoms. The van der Waals surface area contributed by atoms with Gasteiger partial charge in [-0.05, 0) is 57.3 Å². The number of piperidine rings is 1. The maximum absolute atomic E-state index is 12.8. The van der Waals surface area contributed by atoms with E-state index in [1.807, 2.05) is 24.3 Å². The third-order valence-corrected chi connectivity index (χ3v) is 5.11. The van der Waals surface area contributed by atoms with Crippen LogP contribution in [0.4, 0.5) is 20.2 Å². The minimum atomic E-state index is -3.00. The highest BCUT2D eigenvalue weighted by molar-refractivity contribution is 6.04. The van der Waals surface area contributed by atoms with Crippen molar-refractivity contribution in [2.24, 2.45) is 0 Å². The van der Waals surface area contributed by atoms with Crippen LogP contribution in [0.25, 0.3) is 6.08 Å². The number of alkyl halides is 2. The molecule has 0 radical (unpaired) electrons. The van der Waals surface area contributed by atoms with Gasteiger partial charge in [-0.25, -0.2) is 0 Å². The SMILES string of the molecule is COc1cccc(C=CC(=O)Nc2ccccc2NC2CCN(C)CC2)c1OC(F)F. The molecule has 1 fully saturated rings. The van der Waals surface area contributed by atoms with Crippen molar-refractivity contribution in [1.82, 2.24) is 4.90 Å². The average Bonchev–Trinajstić information content (AvgIpc) is 2.75. The molecule has 0 spiro atoms. The van der Waals surface area contributed by atoms with Crippen molar-refractivity contribution in [3.8, 4) is 11.5 Å². The van der Waals surface area contributed by atoms with Crippen LogP contribution in [-0.4, -0.2) is 50.7 Å². The second-order valence-corrected chi connectivity index (χ2v) is 7.35. The van der Waals surface area contributed by atoms with Crippen LogP contribution in [0.15, 0.2) is 48.5 Å². The zero-order valence-electron chi connectivity index (χ0n) is 17.6. The third-order valence-electron chi connectivity index (χ3n) is 5.11. The van der Waals surface area contributed by atoms with Gasteiger partial charge in [-0.15, -0.1) is 0 Å². The Bertz CT molecular complexity index is 913. The Morgan fingerprint density at radius 1 is 1.13 bits per heavy atom. The summed E-state index contributed by atoms with van der Waals surface area (Å²) in [7, 11) is 3.47. The summed E-state index contributed by atoms with van der Waals surface area (Å²) in [6, 6.07) is 12.6. The van der Waals surface area contributed by atoms with Crippen molar-refractivity contribution < 1.29 is 23.0 Å². The van der Waals surface area contributed by atoms with Crippen molar-refractivity contribution in [2.75, 3.05) is 37.9 Å². The van der Waals surface area contributed by atoms with E-state index in [-0.39, 0.29) is 17.4 Å². The van der Waals surface area contributed by atoms with Gasteiger partial charge in [-0.2, -0.15) is 8.78 Å². The molecule has 1 amide bonds. The predicted octanol–water partition coefficient (Wildman–Crippen LogP) is 4.45. The molecule has 1 aliphatic heterocycles. The fourth-order valence-corrected chi connectivity index (χ4v) is 3.47. The Hall–Kier alpha value is -3.13. The summed E-state index contributed by atoms with van der Waals surface area (Å²) in [5.74, 6) is -0.340. The van der Waals surface area contributed by atoms with Gasteiger partial charge in [0.1, 0.15) is 0 Å². The van der Waals surface area contributed by atoms with E-state index in [9.17, 15) is 13.6 Å². The number of rotatable bonds is 8. The van der Waals surface area contributed by atoms with Crippen molar-refractivity contribution in [3.63, 3.8) is 0 Å². The molecule has 1 heterocycles. The average molecular weight is 431 g/mol. The number of nitrogens with zero attached hydrogens (tertiary/aromatic N) is 1. The van der Waals surface area contributed by atoms with E-state index >= 15 is 0 Å².